The van der Waals surface area contributed by atoms with Crippen LogP contribution in [-0.4, -0.2) is 44.3 Å². The minimum Gasteiger partial charge on any atom is -0.481 e. The van der Waals surface area contributed by atoms with E-state index >= 15 is 0 Å². The molecule has 1 aliphatic carbocycles. The third kappa shape index (κ3) is 6.35. The van der Waals surface area contributed by atoms with E-state index in [1.54, 1.807) is 43.2 Å². The highest BCUT2D eigenvalue weighted by atomic mass is 35.5. The highest BCUT2D eigenvalue weighted by Gasteiger charge is 2.39. The molecule has 2 aliphatic rings. The van der Waals surface area contributed by atoms with E-state index in [2.05, 4.69) is 15.4 Å². The summed E-state index contributed by atoms with van der Waals surface area (Å²) in [5, 5.41) is 19.2. The molecule has 3 aromatic rings. The molecule has 3 heterocycles. The number of aliphatic carboxylic acids is 1. The summed E-state index contributed by atoms with van der Waals surface area (Å²) in [5.74, 6) is -3.27. The lowest BCUT2D eigenvalue weighted by atomic mass is 9.76. The van der Waals surface area contributed by atoms with E-state index in [1.807, 2.05) is 6.20 Å². The zero-order chi connectivity index (χ0) is 30.9. The number of aliphatic imine (C=N–C) groups is 1. The van der Waals surface area contributed by atoms with Gasteiger partial charge in [0, 0.05) is 29.0 Å². The number of hydrogen-bond acceptors (Lipinski definition) is 8. The fraction of sp³-hybridized carbons (Fsp3) is 0.433. The van der Waals surface area contributed by atoms with Gasteiger partial charge in [-0.25, -0.2) is 18.6 Å². The van der Waals surface area contributed by atoms with Gasteiger partial charge < -0.3 is 15.2 Å². The second kappa shape index (κ2) is 12.5. The van der Waals surface area contributed by atoms with Crippen molar-refractivity contribution in [2.45, 2.75) is 65.0 Å². The summed E-state index contributed by atoms with van der Waals surface area (Å²) in [6.45, 7) is 5.40. The third-order valence-electron chi connectivity index (χ3n) is 7.96. The van der Waals surface area contributed by atoms with Crippen LogP contribution in [0.4, 0.5) is 8.78 Å². The SMILES string of the molecule is CCOC(=O)C1=C([C@H]2CC[C@H](c3cnn(CC(C)(C)C(=O)O)c3)CC2)NC(c2nccs2)=NC1c1ccc(F)c(F)c1Cl. The molecule has 5 rings (SSSR count). The van der Waals surface area contributed by atoms with Crippen molar-refractivity contribution in [2.24, 2.45) is 16.3 Å². The number of amidine groups is 1. The van der Waals surface area contributed by atoms with Gasteiger partial charge in [-0.15, -0.1) is 11.3 Å². The molecule has 0 spiro atoms. The van der Waals surface area contributed by atoms with Crippen molar-refractivity contribution in [3.05, 3.63) is 80.2 Å². The number of carboxylic acids is 1. The van der Waals surface area contributed by atoms with Crippen molar-refractivity contribution in [1.29, 1.82) is 0 Å². The van der Waals surface area contributed by atoms with Crippen LogP contribution in [0.5, 0.6) is 0 Å². The molecule has 1 aromatic carbocycles. The van der Waals surface area contributed by atoms with E-state index in [9.17, 15) is 23.5 Å². The molecule has 0 amide bonds. The highest BCUT2D eigenvalue weighted by Crippen LogP contribution is 2.44. The van der Waals surface area contributed by atoms with Gasteiger partial charge in [0.25, 0.3) is 0 Å². The molecule has 1 unspecified atom stereocenters. The average molecular weight is 632 g/mol. The molecule has 9 nitrogen and oxygen atoms in total. The number of aromatic nitrogens is 3. The molecule has 0 saturated heterocycles. The smallest absolute Gasteiger partial charge is 0.338 e. The number of allylic oxidation sites excluding steroid dienone is 1. The van der Waals surface area contributed by atoms with Crippen molar-refractivity contribution >= 4 is 40.7 Å². The molecular formula is C30H32ClF2N5O4S. The van der Waals surface area contributed by atoms with E-state index in [1.165, 1.54) is 17.4 Å². The Labute approximate surface area is 256 Å². The summed E-state index contributed by atoms with van der Waals surface area (Å²) < 4.78 is 35.8. The van der Waals surface area contributed by atoms with E-state index in [-0.39, 0.29) is 36.1 Å². The molecule has 13 heteroatoms. The maximum atomic E-state index is 14.6. The van der Waals surface area contributed by atoms with E-state index < -0.39 is 40.1 Å². The number of carbonyl (C=O) groups is 2. The molecule has 2 aromatic heterocycles. The fourth-order valence-corrected chi connectivity index (χ4v) is 6.46. The number of carbonyl (C=O) groups excluding carboxylic acids is 1. The topological polar surface area (TPSA) is 119 Å². The van der Waals surface area contributed by atoms with Crippen molar-refractivity contribution < 1.29 is 28.2 Å². The van der Waals surface area contributed by atoms with Crippen LogP contribution in [0.25, 0.3) is 0 Å². The first-order valence-corrected chi connectivity index (χ1v) is 15.3. The first kappa shape index (κ1) is 30.8. The number of esters is 1. The lowest BCUT2D eigenvalue weighted by Crippen LogP contribution is -2.38. The van der Waals surface area contributed by atoms with Gasteiger partial charge in [-0.3, -0.25) is 14.5 Å². The molecule has 228 valence electrons. The molecule has 43 heavy (non-hydrogen) atoms. The van der Waals surface area contributed by atoms with Crippen molar-refractivity contribution in [2.75, 3.05) is 6.61 Å². The van der Waals surface area contributed by atoms with Gasteiger partial charge in [0.1, 0.15) is 6.04 Å². The normalized spacial score (nSPS) is 20.9. The molecular weight excluding hydrogens is 600 g/mol. The Bertz CT molecular complexity index is 1580. The molecule has 1 aliphatic heterocycles. The Morgan fingerprint density at radius 1 is 1.21 bits per heavy atom. The van der Waals surface area contributed by atoms with Gasteiger partial charge in [0.2, 0.25) is 0 Å². The van der Waals surface area contributed by atoms with Crippen molar-refractivity contribution in [1.82, 2.24) is 20.1 Å². The zero-order valence-corrected chi connectivity index (χ0v) is 25.5. The Balaban J connectivity index is 1.47. The van der Waals surface area contributed by atoms with Crippen LogP contribution in [0.2, 0.25) is 5.02 Å². The monoisotopic (exact) mass is 631 g/mol. The number of halogens is 3. The summed E-state index contributed by atoms with van der Waals surface area (Å²) >= 11 is 7.65. The number of nitrogens with zero attached hydrogens (tertiary/aromatic N) is 4. The van der Waals surface area contributed by atoms with Crippen LogP contribution in [0.15, 0.2) is 52.4 Å². The van der Waals surface area contributed by atoms with E-state index in [0.29, 0.717) is 29.4 Å². The summed E-state index contributed by atoms with van der Waals surface area (Å²) in [7, 11) is 0. The lowest BCUT2D eigenvalue weighted by Gasteiger charge is -2.35. The third-order valence-corrected chi connectivity index (χ3v) is 9.13. The van der Waals surface area contributed by atoms with Crippen LogP contribution in [0, 0.1) is 23.0 Å². The maximum Gasteiger partial charge on any atom is 0.338 e. The minimum absolute atomic E-state index is 0.0892. The summed E-state index contributed by atoms with van der Waals surface area (Å²) in [4.78, 5) is 34.1. The Kier molecular flexibility index (Phi) is 8.98. The highest BCUT2D eigenvalue weighted by molar-refractivity contribution is 7.11. The van der Waals surface area contributed by atoms with Gasteiger partial charge in [-0.05, 0) is 69.9 Å². The largest absolute Gasteiger partial charge is 0.481 e. The van der Waals surface area contributed by atoms with Gasteiger partial charge in [0.15, 0.2) is 22.5 Å². The quantitative estimate of drug-likeness (QED) is 0.211. The Morgan fingerprint density at radius 2 is 1.93 bits per heavy atom. The van der Waals surface area contributed by atoms with Gasteiger partial charge in [0.05, 0.1) is 35.4 Å². The summed E-state index contributed by atoms with van der Waals surface area (Å²) in [6.07, 6.45) is 8.35. The van der Waals surface area contributed by atoms with Crippen molar-refractivity contribution in [3.8, 4) is 0 Å². The first-order valence-electron chi connectivity index (χ1n) is 14.0. The molecule has 0 radical (unpaired) electrons. The Morgan fingerprint density at radius 3 is 2.58 bits per heavy atom. The average Bonchev–Trinajstić information content (AvgIpc) is 3.68. The fourth-order valence-electron chi connectivity index (χ4n) is 5.61. The maximum absolute atomic E-state index is 14.6. The number of nitrogens with one attached hydrogen (secondary N) is 1. The molecule has 0 bridgehead atoms. The van der Waals surface area contributed by atoms with Crippen molar-refractivity contribution in [3.63, 3.8) is 0 Å². The van der Waals surface area contributed by atoms with Gasteiger partial charge in [-0.1, -0.05) is 17.7 Å². The predicted molar refractivity (Wildman–Crippen MR) is 158 cm³/mol. The number of rotatable bonds is 9. The molecule has 2 N–H and O–H groups in total. The minimum atomic E-state index is -1.21. The second-order valence-corrected chi connectivity index (χ2v) is 12.6. The van der Waals surface area contributed by atoms with Crippen LogP contribution in [0.1, 0.15) is 74.5 Å². The van der Waals surface area contributed by atoms with Crippen LogP contribution in [0.3, 0.4) is 0 Å². The summed E-state index contributed by atoms with van der Waals surface area (Å²) in [6, 6.07) is 1.28. The van der Waals surface area contributed by atoms with E-state index in [4.69, 9.17) is 21.3 Å². The number of hydrogen-bond donors (Lipinski definition) is 2. The van der Waals surface area contributed by atoms with E-state index in [0.717, 1.165) is 24.5 Å². The van der Waals surface area contributed by atoms with Gasteiger partial charge >= 0.3 is 11.9 Å². The Hall–Kier alpha value is -3.64. The van der Waals surface area contributed by atoms with Gasteiger partial charge in [-0.2, -0.15) is 5.10 Å². The zero-order valence-electron chi connectivity index (χ0n) is 23.9. The standard InChI is InChI=1S/C30H32ClF2N5O4S/c1-4-42-28(39)21-24(17-7-5-16(6-8-17)18-13-35-38(14-18)15-30(2,3)29(40)41)36-26(27-34-11-12-43-27)37-25(21)19-9-10-20(32)23(33)22(19)31/h9-14,16-17,25H,4-8,15H2,1-3H3,(H,36,37)(H,40,41)/t16-,17-,25?. The number of benzene rings is 1. The second-order valence-electron chi connectivity index (χ2n) is 11.4. The van der Waals surface area contributed by atoms with Crippen LogP contribution >= 0.6 is 22.9 Å². The molecule has 1 atom stereocenters. The first-order chi connectivity index (χ1) is 20.5. The van der Waals surface area contributed by atoms with Crippen LogP contribution < -0.4 is 5.32 Å². The number of carboxylic acid groups (broad SMARTS) is 1. The molecule has 1 fully saturated rings. The predicted octanol–water partition coefficient (Wildman–Crippen LogP) is 6.26. The number of ether oxygens (including phenoxy) is 1. The summed E-state index contributed by atoms with van der Waals surface area (Å²) in [5.41, 5.74) is 1.06. The molecule has 1 saturated carbocycles. The van der Waals surface area contributed by atoms with Crippen LogP contribution in [-0.2, 0) is 20.9 Å². The number of thiazole rings is 1. The lowest BCUT2D eigenvalue weighted by molar-refractivity contribution is -0.147.